The second-order valence-electron chi connectivity index (χ2n) is 4.97. The van der Waals surface area contributed by atoms with E-state index >= 15 is 0 Å². The van der Waals surface area contributed by atoms with Crippen molar-refractivity contribution in [3.8, 4) is 0 Å². The molecular weight excluding hydrogens is 234 g/mol. The molecule has 2 aromatic rings. The number of nitrogens with one attached hydrogen (secondary N) is 1. The van der Waals surface area contributed by atoms with Crippen LogP contribution in [-0.2, 0) is 6.54 Å². The van der Waals surface area contributed by atoms with Gasteiger partial charge in [0.1, 0.15) is 5.82 Å². The molecule has 19 heavy (non-hydrogen) atoms. The van der Waals surface area contributed by atoms with Crippen molar-refractivity contribution in [3.63, 3.8) is 0 Å². The van der Waals surface area contributed by atoms with Crippen LogP contribution in [0.5, 0.6) is 0 Å². The quantitative estimate of drug-likeness (QED) is 0.861. The maximum absolute atomic E-state index is 4.83. The summed E-state index contributed by atoms with van der Waals surface area (Å²) in [5, 5.41) is 4.44. The number of hydrogen-bond donors (Lipinski definition) is 1. The summed E-state index contributed by atoms with van der Waals surface area (Å²) in [6.07, 6.45) is 2.41. The minimum atomic E-state index is 0.851. The summed E-state index contributed by atoms with van der Waals surface area (Å²) >= 11 is 0. The summed E-state index contributed by atoms with van der Waals surface area (Å²) < 4.78 is 0. The van der Waals surface area contributed by atoms with Crippen LogP contribution in [0.25, 0.3) is 10.9 Å². The van der Waals surface area contributed by atoms with Crippen molar-refractivity contribution in [3.05, 3.63) is 35.9 Å². The first-order valence-corrected chi connectivity index (χ1v) is 7.00. The Morgan fingerprint density at radius 2 is 2.05 bits per heavy atom. The van der Waals surface area contributed by atoms with E-state index in [1.54, 1.807) is 0 Å². The Hall–Kier alpha value is -1.61. The fourth-order valence-corrected chi connectivity index (χ4v) is 2.30. The van der Waals surface area contributed by atoms with Crippen LogP contribution in [-0.4, -0.2) is 25.6 Å². The first-order valence-electron chi connectivity index (χ1n) is 7.00. The predicted octanol–water partition coefficient (Wildman–Crippen LogP) is 3.19. The minimum absolute atomic E-state index is 0.851. The second kappa shape index (κ2) is 6.53. The van der Waals surface area contributed by atoms with Crippen molar-refractivity contribution in [2.24, 2.45) is 0 Å². The van der Waals surface area contributed by atoms with Gasteiger partial charge in [-0.15, -0.1) is 0 Å². The van der Waals surface area contributed by atoms with Crippen LogP contribution in [0, 0.1) is 0 Å². The third kappa shape index (κ3) is 3.24. The molecule has 0 saturated heterocycles. The van der Waals surface area contributed by atoms with Gasteiger partial charge >= 0.3 is 0 Å². The number of rotatable bonds is 6. The lowest BCUT2D eigenvalue weighted by Crippen LogP contribution is -2.22. The average Bonchev–Trinajstić information content (AvgIpc) is 2.44. The molecule has 3 nitrogen and oxygen atoms in total. The Bertz CT molecular complexity index is 537. The highest BCUT2D eigenvalue weighted by Crippen LogP contribution is 2.23. The van der Waals surface area contributed by atoms with Crippen LogP contribution in [0.15, 0.2) is 30.3 Å². The molecule has 0 bridgehead atoms. The van der Waals surface area contributed by atoms with Crippen LogP contribution >= 0.6 is 0 Å². The number of hydrogen-bond acceptors (Lipinski definition) is 3. The van der Waals surface area contributed by atoms with E-state index in [1.165, 1.54) is 23.8 Å². The van der Waals surface area contributed by atoms with Crippen LogP contribution < -0.4 is 10.2 Å². The zero-order valence-corrected chi connectivity index (χ0v) is 12.1. The normalized spacial score (nSPS) is 10.9. The molecule has 1 aromatic carbocycles. The van der Waals surface area contributed by atoms with E-state index in [-0.39, 0.29) is 0 Å². The van der Waals surface area contributed by atoms with Crippen molar-refractivity contribution in [1.82, 2.24) is 10.3 Å². The summed E-state index contributed by atoms with van der Waals surface area (Å²) in [5.74, 6) is 1.10. The van der Waals surface area contributed by atoms with Gasteiger partial charge in [0.15, 0.2) is 0 Å². The molecule has 102 valence electrons. The molecular formula is C16H23N3. The Kier molecular flexibility index (Phi) is 4.74. The minimum Gasteiger partial charge on any atom is -0.359 e. The molecule has 0 spiro atoms. The molecule has 0 aliphatic carbocycles. The maximum Gasteiger partial charge on any atom is 0.133 e. The first kappa shape index (κ1) is 13.8. The van der Waals surface area contributed by atoms with Crippen LogP contribution in [0.4, 0.5) is 5.82 Å². The molecule has 0 aliphatic rings. The number of para-hydroxylation sites is 1. The standard InChI is InChI=1S/C16H23N3/c1-4-5-10-19(3)16-14(12-17-2)11-13-8-6-7-9-15(13)18-16/h6-9,11,17H,4-5,10,12H2,1-3H3. The third-order valence-electron chi connectivity index (χ3n) is 3.36. The lowest BCUT2D eigenvalue weighted by Gasteiger charge is -2.21. The van der Waals surface area contributed by atoms with Crippen molar-refractivity contribution in [1.29, 1.82) is 0 Å². The number of aromatic nitrogens is 1. The number of fused-ring (bicyclic) bond motifs is 1. The van der Waals surface area contributed by atoms with Gasteiger partial charge in [-0.1, -0.05) is 31.5 Å². The monoisotopic (exact) mass is 257 g/mol. The summed E-state index contributed by atoms with van der Waals surface area (Å²) in [7, 11) is 4.11. The highest BCUT2D eigenvalue weighted by atomic mass is 15.2. The zero-order valence-electron chi connectivity index (χ0n) is 12.1. The van der Waals surface area contributed by atoms with Crippen molar-refractivity contribution < 1.29 is 0 Å². The molecule has 0 unspecified atom stereocenters. The highest BCUT2D eigenvalue weighted by molar-refractivity contribution is 5.81. The maximum atomic E-state index is 4.83. The summed E-state index contributed by atoms with van der Waals surface area (Å²) in [4.78, 5) is 7.10. The second-order valence-corrected chi connectivity index (χ2v) is 4.97. The highest BCUT2D eigenvalue weighted by Gasteiger charge is 2.10. The number of nitrogens with zero attached hydrogens (tertiary/aromatic N) is 2. The number of benzene rings is 1. The van der Waals surface area contributed by atoms with Gasteiger partial charge in [-0.05, 0) is 25.6 Å². The Labute approximate surface area is 115 Å². The molecule has 0 aliphatic heterocycles. The molecule has 0 radical (unpaired) electrons. The van der Waals surface area contributed by atoms with Gasteiger partial charge in [-0.2, -0.15) is 0 Å². The van der Waals surface area contributed by atoms with Crippen LogP contribution in [0.2, 0.25) is 0 Å². The first-order chi connectivity index (χ1) is 9.26. The van der Waals surface area contributed by atoms with Crippen LogP contribution in [0.1, 0.15) is 25.3 Å². The molecule has 0 amide bonds. The zero-order chi connectivity index (χ0) is 13.7. The van der Waals surface area contributed by atoms with Crippen molar-refractivity contribution in [2.45, 2.75) is 26.3 Å². The number of unbranched alkanes of at least 4 members (excludes halogenated alkanes) is 1. The van der Waals surface area contributed by atoms with Gasteiger partial charge in [0.2, 0.25) is 0 Å². The molecule has 3 heteroatoms. The fourth-order valence-electron chi connectivity index (χ4n) is 2.30. The van der Waals surface area contributed by atoms with E-state index in [1.807, 2.05) is 13.1 Å². The number of pyridine rings is 1. The average molecular weight is 257 g/mol. The van der Waals surface area contributed by atoms with Gasteiger partial charge in [0.25, 0.3) is 0 Å². The lowest BCUT2D eigenvalue weighted by molar-refractivity contribution is 0.747. The Morgan fingerprint density at radius 1 is 1.26 bits per heavy atom. The summed E-state index contributed by atoms with van der Waals surface area (Å²) in [5.41, 5.74) is 2.33. The SMILES string of the molecule is CCCCN(C)c1nc2ccccc2cc1CNC. The molecule has 1 aromatic heterocycles. The Balaban J connectivity index is 2.40. The van der Waals surface area contributed by atoms with Gasteiger partial charge in [0, 0.05) is 31.1 Å². The molecule has 0 saturated carbocycles. The topological polar surface area (TPSA) is 28.2 Å². The van der Waals surface area contributed by atoms with E-state index in [4.69, 9.17) is 4.98 Å². The predicted molar refractivity (Wildman–Crippen MR) is 82.7 cm³/mol. The lowest BCUT2D eigenvalue weighted by atomic mass is 10.1. The molecule has 0 fully saturated rings. The third-order valence-corrected chi connectivity index (χ3v) is 3.36. The van der Waals surface area contributed by atoms with Gasteiger partial charge in [-0.3, -0.25) is 0 Å². The molecule has 1 heterocycles. The van der Waals surface area contributed by atoms with E-state index in [0.29, 0.717) is 0 Å². The molecule has 2 rings (SSSR count). The van der Waals surface area contributed by atoms with Gasteiger partial charge in [0.05, 0.1) is 5.52 Å². The fraction of sp³-hybridized carbons (Fsp3) is 0.438. The van der Waals surface area contributed by atoms with E-state index in [2.05, 4.69) is 48.5 Å². The van der Waals surface area contributed by atoms with Crippen molar-refractivity contribution in [2.75, 3.05) is 25.5 Å². The van der Waals surface area contributed by atoms with E-state index < -0.39 is 0 Å². The van der Waals surface area contributed by atoms with E-state index in [9.17, 15) is 0 Å². The summed E-state index contributed by atoms with van der Waals surface area (Å²) in [6, 6.07) is 10.6. The van der Waals surface area contributed by atoms with Gasteiger partial charge < -0.3 is 10.2 Å². The summed E-state index contributed by atoms with van der Waals surface area (Å²) in [6.45, 7) is 4.12. The van der Waals surface area contributed by atoms with Crippen LogP contribution in [0.3, 0.4) is 0 Å². The molecule has 0 atom stereocenters. The Morgan fingerprint density at radius 3 is 2.79 bits per heavy atom. The van der Waals surface area contributed by atoms with Crippen molar-refractivity contribution >= 4 is 16.7 Å². The van der Waals surface area contributed by atoms with Gasteiger partial charge in [-0.25, -0.2) is 4.98 Å². The largest absolute Gasteiger partial charge is 0.359 e. The van der Waals surface area contributed by atoms with E-state index in [0.717, 1.165) is 24.4 Å². The number of anilines is 1. The molecule has 1 N–H and O–H groups in total. The smallest absolute Gasteiger partial charge is 0.133 e.